The van der Waals surface area contributed by atoms with Crippen LogP contribution in [-0.2, 0) is 27.9 Å². The minimum absolute atomic E-state index is 0.0436. The van der Waals surface area contributed by atoms with Crippen molar-refractivity contribution in [2.75, 3.05) is 33.0 Å². The lowest BCUT2D eigenvalue weighted by molar-refractivity contribution is -0.154. The van der Waals surface area contributed by atoms with Crippen molar-refractivity contribution >= 4 is 13.8 Å². The number of carbonyl (C=O) groups is 1. The van der Waals surface area contributed by atoms with Crippen LogP contribution in [0.2, 0.25) is 0 Å². The molecule has 0 saturated heterocycles. The average Bonchev–Trinajstić information content (AvgIpc) is 3.12. The van der Waals surface area contributed by atoms with Gasteiger partial charge in [0.15, 0.2) is 0 Å². The maximum atomic E-state index is 12.6. The molecule has 0 aliphatic carbocycles. The summed E-state index contributed by atoms with van der Waals surface area (Å²) >= 11 is 0. The molecule has 0 amide bonds. The van der Waals surface area contributed by atoms with Crippen LogP contribution in [0.3, 0.4) is 0 Å². The molecule has 0 aliphatic heterocycles. The van der Waals surface area contributed by atoms with Gasteiger partial charge in [0, 0.05) is 13.0 Å². The van der Waals surface area contributed by atoms with Gasteiger partial charge >= 0.3 is 13.8 Å². The molecule has 0 aromatic heterocycles. The Bertz CT molecular complexity index is 892. The molecule has 9 nitrogen and oxygen atoms in total. The number of esters is 1. The molecule has 300 valence electrons. The van der Waals surface area contributed by atoms with Gasteiger partial charge in [0.1, 0.15) is 12.2 Å². The molecule has 3 unspecified atom stereocenters. The van der Waals surface area contributed by atoms with E-state index in [4.69, 9.17) is 23.6 Å². The van der Waals surface area contributed by atoms with Crippen molar-refractivity contribution < 1.29 is 43.0 Å². The Morgan fingerprint density at radius 3 is 1.67 bits per heavy atom. The molecule has 3 atom stereocenters. The highest BCUT2D eigenvalue weighted by Crippen LogP contribution is 2.43. The molecule has 0 bridgehead atoms. The molecule has 0 aliphatic rings. The van der Waals surface area contributed by atoms with Crippen molar-refractivity contribution in [2.24, 2.45) is 0 Å². The minimum Gasteiger partial charge on any atom is -0.457 e. The number of aliphatic hydroxyl groups is 2. The van der Waals surface area contributed by atoms with Crippen molar-refractivity contribution in [1.29, 1.82) is 0 Å². The molecule has 0 fully saturated rings. The first-order chi connectivity index (χ1) is 24.8. The molecular formula is C41H77O9P. The van der Waals surface area contributed by atoms with E-state index < -0.39 is 39.2 Å². The summed E-state index contributed by atoms with van der Waals surface area (Å²) in [6.07, 6.45) is 39.6. The Morgan fingerprint density at radius 2 is 1.10 bits per heavy atom. The molecule has 0 aromatic rings. The molecule has 0 aromatic carbocycles. The summed E-state index contributed by atoms with van der Waals surface area (Å²) in [7, 11) is -4.51. The number of hydrogen-bond acceptors (Lipinski definition) is 8. The van der Waals surface area contributed by atoms with E-state index in [-0.39, 0.29) is 19.6 Å². The number of aliphatic hydroxyl groups excluding tert-OH is 2. The van der Waals surface area contributed by atoms with Gasteiger partial charge < -0.3 is 24.6 Å². The minimum atomic E-state index is -4.51. The van der Waals surface area contributed by atoms with E-state index in [1.165, 1.54) is 89.9 Å². The van der Waals surface area contributed by atoms with Crippen LogP contribution in [0, 0.1) is 0 Å². The molecule has 51 heavy (non-hydrogen) atoms. The van der Waals surface area contributed by atoms with Gasteiger partial charge in [-0.2, -0.15) is 0 Å². The van der Waals surface area contributed by atoms with Crippen LogP contribution < -0.4 is 0 Å². The van der Waals surface area contributed by atoms with Crippen LogP contribution in [-0.4, -0.2) is 66.3 Å². The Balaban J connectivity index is 4.16. The predicted octanol–water partition coefficient (Wildman–Crippen LogP) is 10.9. The Morgan fingerprint density at radius 1 is 0.608 bits per heavy atom. The first kappa shape index (κ1) is 49.7. The van der Waals surface area contributed by atoms with Gasteiger partial charge in [-0.15, -0.1) is 0 Å². The molecular weight excluding hydrogens is 667 g/mol. The smallest absolute Gasteiger partial charge is 0.457 e. The highest BCUT2D eigenvalue weighted by molar-refractivity contribution is 7.47. The van der Waals surface area contributed by atoms with Crippen LogP contribution in [0.15, 0.2) is 36.5 Å². The normalized spacial score (nSPS) is 14.5. The molecule has 0 rings (SSSR count). The molecule has 0 spiro atoms. The summed E-state index contributed by atoms with van der Waals surface area (Å²) in [5, 5.41) is 18.3. The second-order valence-corrected chi connectivity index (χ2v) is 15.1. The number of carbonyl (C=O) groups excluding carboxylic acids is 1. The zero-order valence-electron chi connectivity index (χ0n) is 32.6. The van der Waals surface area contributed by atoms with Crippen molar-refractivity contribution in [1.82, 2.24) is 0 Å². The van der Waals surface area contributed by atoms with Gasteiger partial charge in [-0.05, 0) is 64.2 Å². The Kier molecular flexibility index (Phi) is 37.4. The van der Waals surface area contributed by atoms with Crippen LogP contribution in [0.5, 0.6) is 0 Å². The van der Waals surface area contributed by atoms with Crippen LogP contribution in [0.1, 0.15) is 174 Å². The quantitative estimate of drug-likeness (QED) is 0.0243. The van der Waals surface area contributed by atoms with Gasteiger partial charge in [-0.25, -0.2) is 4.57 Å². The van der Waals surface area contributed by atoms with E-state index in [9.17, 15) is 19.4 Å². The van der Waals surface area contributed by atoms with Crippen molar-refractivity contribution in [3.05, 3.63) is 36.5 Å². The number of unbranched alkanes of at least 4 members (excludes halogenated alkanes) is 19. The third-order valence-electron chi connectivity index (χ3n) is 8.53. The summed E-state index contributed by atoms with van der Waals surface area (Å²) < 4.78 is 33.3. The first-order valence-electron chi connectivity index (χ1n) is 20.5. The average molecular weight is 745 g/mol. The SMILES string of the molecule is CCC/C=C\CCCCCCCCOCC(COP(=O)(O)OCC(O)CO)OC(=O)CCCCCCCCCCC/C=C\C/C=C\CCCCC. The van der Waals surface area contributed by atoms with Gasteiger partial charge in [0.2, 0.25) is 0 Å². The lowest BCUT2D eigenvalue weighted by Gasteiger charge is -2.20. The maximum Gasteiger partial charge on any atom is 0.472 e. The standard InChI is InChI=1S/C41H77O9P/c1-3-5-7-9-11-13-15-16-17-18-19-20-21-22-23-25-27-29-31-33-41(44)50-40(38-49-51(45,46)48-36-39(43)35-42)37-47-34-32-30-28-26-24-14-12-10-8-6-4-2/h8,10-11,13,16-17,39-40,42-43H,3-7,9,12,14-15,18-38H2,1-2H3,(H,45,46)/b10-8-,13-11-,17-16-. The van der Waals surface area contributed by atoms with Crippen molar-refractivity contribution in [3.63, 3.8) is 0 Å². The van der Waals surface area contributed by atoms with E-state index in [1.807, 2.05) is 0 Å². The first-order valence-corrected chi connectivity index (χ1v) is 22.0. The second kappa shape index (κ2) is 38.4. The lowest BCUT2D eigenvalue weighted by Crippen LogP contribution is -2.29. The summed E-state index contributed by atoms with van der Waals surface area (Å²) in [5.74, 6) is -0.391. The summed E-state index contributed by atoms with van der Waals surface area (Å²) in [4.78, 5) is 22.5. The fourth-order valence-corrected chi connectivity index (χ4v) is 6.18. The third-order valence-corrected chi connectivity index (χ3v) is 9.48. The van der Waals surface area contributed by atoms with Crippen molar-refractivity contribution in [2.45, 2.75) is 187 Å². The zero-order valence-corrected chi connectivity index (χ0v) is 33.5. The predicted molar refractivity (Wildman–Crippen MR) is 210 cm³/mol. The number of phosphoric acid groups is 1. The molecule has 0 saturated carbocycles. The molecule has 10 heteroatoms. The summed E-state index contributed by atoms with van der Waals surface area (Å²) in [5.41, 5.74) is 0. The molecule has 0 radical (unpaired) electrons. The molecule has 0 heterocycles. The maximum absolute atomic E-state index is 12.6. The fourth-order valence-electron chi connectivity index (χ4n) is 5.39. The monoisotopic (exact) mass is 745 g/mol. The summed E-state index contributed by atoms with van der Waals surface area (Å²) in [6, 6.07) is 0. The van der Waals surface area contributed by atoms with Crippen molar-refractivity contribution in [3.8, 4) is 0 Å². The van der Waals surface area contributed by atoms with Crippen LogP contribution >= 0.6 is 7.82 Å². The van der Waals surface area contributed by atoms with E-state index in [0.29, 0.717) is 6.61 Å². The number of allylic oxidation sites excluding steroid dienone is 6. The Hall–Kier alpha value is -1.32. The molecule has 3 N–H and O–H groups in total. The number of hydrogen-bond donors (Lipinski definition) is 3. The fraction of sp³-hybridized carbons (Fsp3) is 0.829. The van der Waals surface area contributed by atoms with Crippen LogP contribution in [0.25, 0.3) is 0 Å². The number of ether oxygens (including phenoxy) is 2. The van der Waals surface area contributed by atoms with Gasteiger partial charge in [-0.1, -0.05) is 140 Å². The van der Waals surface area contributed by atoms with Gasteiger partial charge in [0.05, 0.1) is 26.4 Å². The third kappa shape index (κ3) is 38.2. The number of phosphoric ester groups is 1. The second-order valence-electron chi connectivity index (χ2n) is 13.6. The van der Waals surface area contributed by atoms with E-state index >= 15 is 0 Å². The van der Waals surface area contributed by atoms with Gasteiger partial charge in [0.25, 0.3) is 0 Å². The van der Waals surface area contributed by atoms with E-state index in [2.05, 4.69) is 50.3 Å². The van der Waals surface area contributed by atoms with Crippen LogP contribution in [0.4, 0.5) is 0 Å². The highest BCUT2D eigenvalue weighted by Gasteiger charge is 2.26. The van der Waals surface area contributed by atoms with Gasteiger partial charge in [-0.3, -0.25) is 13.8 Å². The Labute approximate surface area is 312 Å². The summed E-state index contributed by atoms with van der Waals surface area (Å²) in [6.45, 7) is 3.42. The highest BCUT2D eigenvalue weighted by atomic mass is 31.2. The lowest BCUT2D eigenvalue weighted by atomic mass is 10.1. The number of rotatable bonds is 39. The van der Waals surface area contributed by atoms with E-state index in [0.717, 1.165) is 64.2 Å². The zero-order chi connectivity index (χ0) is 37.5. The van der Waals surface area contributed by atoms with E-state index in [1.54, 1.807) is 0 Å². The largest absolute Gasteiger partial charge is 0.472 e. The topological polar surface area (TPSA) is 132 Å².